The van der Waals surface area contributed by atoms with Crippen LogP contribution < -0.4 is 14.2 Å². The molecule has 4 N–H and O–H groups in total. The number of H-pyrrole nitrogens is 2. The molecule has 400 valence electrons. The minimum Gasteiger partial charge on any atom is -0.492 e. The van der Waals surface area contributed by atoms with Gasteiger partial charge in [-0.25, -0.2) is 19.9 Å². The van der Waals surface area contributed by atoms with E-state index in [1.54, 1.807) is 35.7 Å². The number of methoxy groups -OCH3 is 3. The SMILES string of the molecule is COc1c(C(C)(C)C)nn(C)c1-c1nc2c(OC)nc(-c3ccccc3C(F)(F)F)cc2[nH]1.COc1nc(-c2ccccc2C(F)(F)F)cc2[nH]c(-c3cc(C(C)(C)C)nn3C)nc12.CS(=O)(=O)O.CS(=O)(=O)O. The lowest BCUT2D eigenvalue weighted by molar-refractivity contribution is -0.137. The topological polar surface area (TPSA) is 255 Å². The van der Waals surface area contributed by atoms with Crippen LogP contribution in [-0.4, -0.2) is 109 Å². The summed E-state index contributed by atoms with van der Waals surface area (Å²) in [6.45, 7) is 12.3. The Morgan fingerprint density at radius 1 is 0.568 bits per heavy atom. The molecule has 74 heavy (non-hydrogen) atoms. The number of aromatic nitrogens is 10. The van der Waals surface area contributed by atoms with Gasteiger partial charge in [0.15, 0.2) is 28.4 Å². The highest BCUT2D eigenvalue weighted by Gasteiger charge is 2.36. The molecule has 0 fully saturated rings. The summed E-state index contributed by atoms with van der Waals surface area (Å²) < 4.78 is 153. The lowest BCUT2D eigenvalue weighted by Crippen LogP contribution is -2.13. The van der Waals surface area contributed by atoms with Crippen molar-refractivity contribution in [1.29, 1.82) is 0 Å². The van der Waals surface area contributed by atoms with Gasteiger partial charge < -0.3 is 24.2 Å². The number of alkyl halides is 6. The average molecular weight is 1080 g/mol. The first kappa shape index (κ1) is 57.8. The van der Waals surface area contributed by atoms with Gasteiger partial charge in [-0.3, -0.25) is 18.5 Å². The molecule has 0 saturated heterocycles. The van der Waals surface area contributed by atoms with Gasteiger partial charge in [-0.1, -0.05) is 77.9 Å². The van der Waals surface area contributed by atoms with Gasteiger partial charge >= 0.3 is 12.4 Å². The van der Waals surface area contributed by atoms with Crippen molar-refractivity contribution in [3.05, 3.63) is 89.2 Å². The van der Waals surface area contributed by atoms with Crippen LogP contribution in [0, 0.1) is 0 Å². The maximum absolute atomic E-state index is 13.6. The van der Waals surface area contributed by atoms with Crippen molar-refractivity contribution < 1.29 is 66.5 Å². The number of fused-ring (bicyclic) bond motifs is 2. The third kappa shape index (κ3) is 14.1. The highest BCUT2D eigenvalue weighted by Crippen LogP contribution is 2.42. The third-order valence-electron chi connectivity index (χ3n) is 10.3. The lowest BCUT2D eigenvalue weighted by atomic mass is 9.91. The number of benzene rings is 2. The van der Waals surface area contributed by atoms with Gasteiger partial charge in [-0.2, -0.15) is 53.4 Å². The summed E-state index contributed by atoms with van der Waals surface area (Å²) in [6, 6.07) is 15.7. The molecule has 0 bridgehead atoms. The largest absolute Gasteiger partial charge is 0.492 e. The van der Waals surface area contributed by atoms with E-state index < -0.39 is 43.7 Å². The molecule has 0 amide bonds. The van der Waals surface area contributed by atoms with Crippen molar-refractivity contribution in [2.45, 2.75) is 64.7 Å². The molecule has 8 rings (SSSR count). The minimum absolute atomic E-state index is 0.0260. The monoisotopic (exact) mass is 1080 g/mol. The molecular weight excluding hydrogens is 1030 g/mol. The number of hydrogen-bond donors (Lipinski definition) is 4. The molecule has 8 aromatic rings. The van der Waals surface area contributed by atoms with Crippen molar-refractivity contribution in [1.82, 2.24) is 49.5 Å². The van der Waals surface area contributed by atoms with Crippen LogP contribution in [0.15, 0.2) is 66.7 Å². The van der Waals surface area contributed by atoms with Crippen LogP contribution in [-0.2, 0) is 57.5 Å². The fourth-order valence-electron chi connectivity index (χ4n) is 7.18. The van der Waals surface area contributed by atoms with Crippen LogP contribution >= 0.6 is 0 Å². The number of aryl methyl sites for hydroxylation is 2. The quantitative estimate of drug-likeness (QED) is 0.0856. The first-order valence-corrected chi connectivity index (χ1v) is 25.4. The molecule has 0 spiro atoms. The van der Waals surface area contributed by atoms with Crippen LogP contribution in [0.4, 0.5) is 26.3 Å². The number of aromatic amines is 2. The normalized spacial score (nSPS) is 12.3. The van der Waals surface area contributed by atoms with Crippen LogP contribution in [0.3, 0.4) is 0 Å². The predicted molar refractivity (Wildman–Crippen MR) is 265 cm³/mol. The number of imidazole rings is 2. The molecule has 6 heterocycles. The van der Waals surface area contributed by atoms with Crippen molar-refractivity contribution in [2.75, 3.05) is 33.8 Å². The lowest BCUT2D eigenvalue weighted by Gasteiger charge is -2.16. The molecule has 0 aliphatic heterocycles. The summed E-state index contributed by atoms with van der Waals surface area (Å²) in [7, 11) is 0.640. The van der Waals surface area contributed by atoms with E-state index in [1.807, 2.05) is 33.9 Å². The fourth-order valence-corrected chi connectivity index (χ4v) is 7.18. The number of hydrogen-bond acceptors (Lipinski definition) is 13. The second-order valence-corrected chi connectivity index (χ2v) is 21.4. The van der Waals surface area contributed by atoms with Gasteiger partial charge in [0.2, 0.25) is 11.8 Å². The maximum Gasteiger partial charge on any atom is 0.417 e. The average Bonchev–Trinajstić information content (AvgIpc) is 4.07. The molecule has 0 atom stereocenters. The van der Waals surface area contributed by atoms with Crippen molar-refractivity contribution in [2.24, 2.45) is 14.1 Å². The van der Waals surface area contributed by atoms with E-state index in [1.165, 1.54) is 50.6 Å². The first-order chi connectivity index (χ1) is 33.9. The van der Waals surface area contributed by atoms with E-state index in [-0.39, 0.29) is 45.1 Å². The number of ether oxygens (including phenoxy) is 3. The molecule has 0 saturated carbocycles. The van der Waals surface area contributed by atoms with Gasteiger partial charge in [-0.15, -0.1) is 0 Å². The summed E-state index contributed by atoms with van der Waals surface area (Å²) in [5.41, 5.74) is 3.08. The second-order valence-electron chi connectivity index (χ2n) is 18.4. The molecule has 0 radical (unpaired) electrons. The van der Waals surface area contributed by atoms with Gasteiger partial charge in [0, 0.05) is 36.1 Å². The Morgan fingerprint density at radius 3 is 1.34 bits per heavy atom. The van der Waals surface area contributed by atoms with Crippen molar-refractivity contribution in [3.63, 3.8) is 0 Å². The standard InChI is InChI=1S/C23H24F3N5O2.C22H22F3N5O.2CH4O3S/c1-22(2,3)19-18(32-5)17(31(4)30-19)20-27-15-11-14(28-21(33-6)16(15)29-20)12-9-7-8-10-13(12)23(24,25)26;1-21(2,3)17-11-16(30(4)29-17)19-26-15-10-14(27-20(31-5)18(15)28-19)12-8-6-7-9-13(12)22(23,24)25;2*1-5(2,3)4/h7-11H,1-6H3,(H,27,29);6-11H,1-5H3,(H,26,28);2*1H3,(H,2,3,4). The minimum atomic E-state index is -4.52. The van der Waals surface area contributed by atoms with E-state index >= 15 is 0 Å². The van der Waals surface area contributed by atoms with Crippen LogP contribution in [0.2, 0.25) is 0 Å². The van der Waals surface area contributed by atoms with Crippen LogP contribution in [0.25, 0.3) is 67.6 Å². The molecule has 0 aliphatic carbocycles. The van der Waals surface area contributed by atoms with Crippen LogP contribution in [0.1, 0.15) is 64.1 Å². The zero-order valence-electron chi connectivity index (χ0n) is 42.3. The van der Waals surface area contributed by atoms with E-state index in [0.717, 1.165) is 29.2 Å². The van der Waals surface area contributed by atoms with Crippen molar-refractivity contribution in [3.8, 4) is 63.1 Å². The van der Waals surface area contributed by atoms with Gasteiger partial charge in [-0.05, 0) is 30.3 Å². The Labute approximate surface area is 421 Å². The number of pyridine rings is 2. The summed E-state index contributed by atoms with van der Waals surface area (Å²) in [4.78, 5) is 24.2. The number of nitrogens with one attached hydrogen (secondary N) is 2. The Bertz CT molecular complexity index is 3490. The zero-order chi connectivity index (χ0) is 55.7. The highest BCUT2D eigenvalue weighted by molar-refractivity contribution is 7.85. The van der Waals surface area contributed by atoms with Gasteiger partial charge in [0.25, 0.3) is 20.2 Å². The molecule has 0 unspecified atom stereocenters. The predicted octanol–water partition coefficient (Wildman–Crippen LogP) is 9.72. The van der Waals surface area contributed by atoms with E-state index in [2.05, 4.69) is 60.9 Å². The molecule has 6 aromatic heterocycles. The summed E-state index contributed by atoms with van der Waals surface area (Å²) >= 11 is 0. The van der Waals surface area contributed by atoms with E-state index in [4.69, 9.17) is 23.3 Å². The molecule has 2 aromatic carbocycles. The molecule has 0 aliphatic rings. The second kappa shape index (κ2) is 21.4. The van der Waals surface area contributed by atoms with Gasteiger partial charge in [0.05, 0.1) is 73.1 Å². The smallest absolute Gasteiger partial charge is 0.417 e. The zero-order valence-corrected chi connectivity index (χ0v) is 43.9. The van der Waals surface area contributed by atoms with E-state index in [9.17, 15) is 43.2 Å². The summed E-state index contributed by atoms with van der Waals surface area (Å²) in [6.07, 6.45) is -7.59. The summed E-state index contributed by atoms with van der Waals surface area (Å²) in [5.74, 6) is 1.79. The third-order valence-corrected chi connectivity index (χ3v) is 10.3. The Balaban J connectivity index is 0.000000232. The van der Waals surface area contributed by atoms with E-state index in [0.29, 0.717) is 57.7 Å². The van der Waals surface area contributed by atoms with Crippen molar-refractivity contribution >= 4 is 42.3 Å². The Kier molecular flexibility index (Phi) is 16.7. The highest BCUT2D eigenvalue weighted by atomic mass is 32.2. The fraction of sp³-hybridized carbons (Fsp3) is 0.362. The molecule has 19 nitrogen and oxygen atoms in total. The molecule has 27 heteroatoms. The Morgan fingerprint density at radius 2 is 0.973 bits per heavy atom. The van der Waals surface area contributed by atoms with Crippen LogP contribution in [0.5, 0.6) is 17.5 Å². The number of halogens is 6. The number of rotatable bonds is 7. The Hall–Kier alpha value is -7.10. The first-order valence-electron chi connectivity index (χ1n) is 21.7. The number of nitrogens with zero attached hydrogens (tertiary/aromatic N) is 8. The van der Waals surface area contributed by atoms with Gasteiger partial charge in [0.1, 0.15) is 17.1 Å². The summed E-state index contributed by atoms with van der Waals surface area (Å²) in [5, 5.41) is 9.16. The maximum atomic E-state index is 13.6. The molecular formula is C47H54F6N10O9S2.